The van der Waals surface area contributed by atoms with Crippen LogP contribution in [0.1, 0.15) is 0 Å². The number of amides is 1. The maximum absolute atomic E-state index is 12.8. The molecule has 0 aromatic heterocycles. The molecule has 27 heavy (non-hydrogen) atoms. The molecular weight excluding hydrogens is 338 g/mol. The zero-order valence-electron chi connectivity index (χ0n) is 15.9. The Balaban J connectivity index is 1.57. The second-order valence-corrected chi connectivity index (χ2v) is 6.59. The van der Waals surface area contributed by atoms with Gasteiger partial charge in [-0.2, -0.15) is 0 Å². The van der Waals surface area contributed by atoms with Gasteiger partial charge in [0.2, 0.25) is 5.91 Å². The molecule has 0 atom stereocenters. The molecule has 0 N–H and O–H groups in total. The monoisotopic (exact) mass is 365 g/mol. The first-order valence-electron chi connectivity index (χ1n) is 9.29. The number of carbonyl (C=O) groups excluding carboxylic acids is 1. The highest BCUT2D eigenvalue weighted by molar-refractivity contribution is 5.95. The number of rotatable bonds is 7. The summed E-state index contributed by atoms with van der Waals surface area (Å²) in [5.41, 5.74) is 2.08. The molecule has 0 saturated carbocycles. The van der Waals surface area contributed by atoms with Crippen molar-refractivity contribution in [2.75, 3.05) is 56.2 Å². The zero-order valence-corrected chi connectivity index (χ0v) is 15.9. The van der Waals surface area contributed by atoms with E-state index in [1.54, 1.807) is 18.1 Å². The molecule has 0 bridgehead atoms. The van der Waals surface area contributed by atoms with Crippen molar-refractivity contribution in [3.8, 4) is 5.75 Å². The maximum Gasteiger partial charge on any atom is 0.241 e. The number of carbonyl (C=O) groups is 1. The lowest BCUT2D eigenvalue weighted by Crippen LogP contribution is -2.50. The van der Waals surface area contributed by atoms with Gasteiger partial charge >= 0.3 is 0 Å². The van der Waals surface area contributed by atoms with Gasteiger partial charge in [-0.3, -0.25) is 9.69 Å². The minimum atomic E-state index is 0.107. The number of ether oxygens (including phenoxy) is 1. The zero-order chi connectivity index (χ0) is 19.1. The average Bonchev–Trinajstić information content (AvgIpc) is 2.73. The number of hydrogen-bond acceptors (Lipinski definition) is 4. The summed E-state index contributed by atoms with van der Waals surface area (Å²) in [6.45, 7) is 8.25. The van der Waals surface area contributed by atoms with E-state index in [0.717, 1.165) is 43.3 Å². The van der Waals surface area contributed by atoms with Gasteiger partial charge in [0.1, 0.15) is 5.75 Å². The summed E-state index contributed by atoms with van der Waals surface area (Å²) in [5, 5.41) is 0. The third kappa shape index (κ3) is 4.89. The SMILES string of the molecule is C=CCN(C(=O)CN1CCN(c2cccc(OC)c2)CC1)c1ccccc1. The molecule has 5 nitrogen and oxygen atoms in total. The highest BCUT2D eigenvalue weighted by Crippen LogP contribution is 2.22. The summed E-state index contributed by atoms with van der Waals surface area (Å²) < 4.78 is 5.32. The number of benzene rings is 2. The largest absolute Gasteiger partial charge is 0.497 e. The molecular formula is C22H27N3O2. The quantitative estimate of drug-likeness (QED) is 0.707. The van der Waals surface area contributed by atoms with Crippen molar-refractivity contribution in [1.29, 1.82) is 0 Å². The van der Waals surface area contributed by atoms with Gasteiger partial charge < -0.3 is 14.5 Å². The van der Waals surface area contributed by atoms with Gasteiger partial charge in [-0.25, -0.2) is 0 Å². The summed E-state index contributed by atoms with van der Waals surface area (Å²) >= 11 is 0. The lowest BCUT2D eigenvalue weighted by atomic mass is 10.2. The Kier molecular flexibility index (Phi) is 6.49. The van der Waals surface area contributed by atoms with Crippen LogP contribution in [0, 0.1) is 0 Å². The van der Waals surface area contributed by atoms with Crippen LogP contribution < -0.4 is 14.5 Å². The van der Waals surface area contributed by atoms with Crippen molar-refractivity contribution in [3.63, 3.8) is 0 Å². The van der Waals surface area contributed by atoms with Crippen molar-refractivity contribution in [2.45, 2.75) is 0 Å². The van der Waals surface area contributed by atoms with Crippen LogP contribution in [0.3, 0.4) is 0 Å². The van der Waals surface area contributed by atoms with E-state index in [9.17, 15) is 4.79 Å². The first-order valence-corrected chi connectivity index (χ1v) is 9.29. The first-order chi connectivity index (χ1) is 13.2. The predicted molar refractivity (Wildman–Crippen MR) is 111 cm³/mol. The number of methoxy groups -OCH3 is 1. The first kappa shape index (κ1) is 19.0. The van der Waals surface area contributed by atoms with E-state index in [1.807, 2.05) is 42.5 Å². The van der Waals surface area contributed by atoms with Crippen molar-refractivity contribution >= 4 is 17.3 Å². The van der Waals surface area contributed by atoms with E-state index in [-0.39, 0.29) is 5.91 Å². The molecule has 1 saturated heterocycles. The van der Waals surface area contributed by atoms with Crippen LogP contribution in [-0.4, -0.2) is 57.2 Å². The molecule has 0 aliphatic carbocycles. The molecule has 142 valence electrons. The fourth-order valence-corrected chi connectivity index (χ4v) is 3.34. The van der Waals surface area contributed by atoms with Gasteiger partial charge in [-0.05, 0) is 24.3 Å². The number of nitrogens with zero attached hydrogens (tertiary/aromatic N) is 3. The van der Waals surface area contributed by atoms with Crippen molar-refractivity contribution < 1.29 is 9.53 Å². The molecule has 0 spiro atoms. The van der Waals surface area contributed by atoms with Crippen LogP contribution in [0.15, 0.2) is 67.3 Å². The summed E-state index contributed by atoms with van der Waals surface area (Å²) in [6, 6.07) is 17.9. The van der Waals surface area contributed by atoms with Crippen LogP contribution in [0.2, 0.25) is 0 Å². The summed E-state index contributed by atoms with van der Waals surface area (Å²) in [7, 11) is 1.68. The fourth-order valence-electron chi connectivity index (χ4n) is 3.34. The Morgan fingerprint density at radius 3 is 2.52 bits per heavy atom. The van der Waals surface area contributed by atoms with E-state index < -0.39 is 0 Å². The van der Waals surface area contributed by atoms with Crippen molar-refractivity contribution in [2.24, 2.45) is 0 Å². The number of anilines is 2. The molecule has 0 unspecified atom stereocenters. The second kappa shape index (κ2) is 9.24. The lowest BCUT2D eigenvalue weighted by molar-refractivity contribution is -0.119. The molecule has 3 rings (SSSR count). The van der Waals surface area contributed by atoms with Gasteiger partial charge in [0.25, 0.3) is 0 Å². The molecule has 1 fully saturated rings. The van der Waals surface area contributed by atoms with E-state index in [1.165, 1.54) is 0 Å². The molecule has 1 aliphatic heterocycles. The Morgan fingerprint density at radius 2 is 1.85 bits per heavy atom. The Hall–Kier alpha value is -2.79. The van der Waals surface area contributed by atoms with Crippen LogP contribution >= 0.6 is 0 Å². The maximum atomic E-state index is 12.8. The van der Waals surface area contributed by atoms with E-state index in [2.05, 4.69) is 28.5 Å². The average molecular weight is 365 g/mol. The summed E-state index contributed by atoms with van der Waals surface area (Å²) in [4.78, 5) is 19.2. The van der Waals surface area contributed by atoms with E-state index in [4.69, 9.17) is 4.74 Å². The Morgan fingerprint density at radius 1 is 1.11 bits per heavy atom. The number of piperazine rings is 1. The molecule has 5 heteroatoms. The molecule has 1 heterocycles. The van der Waals surface area contributed by atoms with E-state index >= 15 is 0 Å². The molecule has 1 aliphatic rings. The highest BCUT2D eigenvalue weighted by Gasteiger charge is 2.22. The standard InChI is InChI=1S/C22H27N3O2/c1-3-12-25(19-8-5-4-6-9-19)22(26)18-23-13-15-24(16-14-23)20-10-7-11-21(17-20)27-2/h3-11,17H,1,12-16,18H2,2H3. The summed E-state index contributed by atoms with van der Waals surface area (Å²) in [6.07, 6.45) is 1.77. The van der Waals surface area contributed by atoms with Gasteiger partial charge in [-0.1, -0.05) is 30.3 Å². The third-order valence-corrected chi connectivity index (χ3v) is 4.83. The predicted octanol–water partition coefficient (Wildman–Crippen LogP) is 3.04. The lowest BCUT2D eigenvalue weighted by Gasteiger charge is -2.36. The fraction of sp³-hybridized carbons (Fsp3) is 0.318. The van der Waals surface area contributed by atoms with Gasteiger partial charge in [0.05, 0.1) is 13.7 Å². The molecule has 2 aromatic carbocycles. The smallest absolute Gasteiger partial charge is 0.241 e. The van der Waals surface area contributed by atoms with Crippen LogP contribution in [0.4, 0.5) is 11.4 Å². The van der Waals surface area contributed by atoms with Crippen LogP contribution in [0.5, 0.6) is 5.75 Å². The Bertz CT molecular complexity index is 755. The molecule has 2 aromatic rings. The van der Waals surface area contributed by atoms with Gasteiger partial charge in [0.15, 0.2) is 0 Å². The number of hydrogen-bond donors (Lipinski definition) is 0. The highest BCUT2D eigenvalue weighted by atomic mass is 16.5. The van der Waals surface area contributed by atoms with Crippen LogP contribution in [-0.2, 0) is 4.79 Å². The third-order valence-electron chi connectivity index (χ3n) is 4.83. The topological polar surface area (TPSA) is 36.0 Å². The molecule has 0 radical (unpaired) electrons. The number of para-hydroxylation sites is 1. The molecule has 1 amide bonds. The van der Waals surface area contributed by atoms with Gasteiger partial charge in [0, 0.05) is 50.2 Å². The Labute approximate surface area is 161 Å². The van der Waals surface area contributed by atoms with Crippen molar-refractivity contribution in [3.05, 3.63) is 67.3 Å². The van der Waals surface area contributed by atoms with Crippen LogP contribution in [0.25, 0.3) is 0 Å². The normalized spacial score (nSPS) is 14.6. The van der Waals surface area contributed by atoms with E-state index in [0.29, 0.717) is 13.1 Å². The van der Waals surface area contributed by atoms with Crippen molar-refractivity contribution in [1.82, 2.24) is 4.90 Å². The van der Waals surface area contributed by atoms with Gasteiger partial charge in [-0.15, -0.1) is 6.58 Å². The summed E-state index contributed by atoms with van der Waals surface area (Å²) in [5.74, 6) is 0.976. The second-order valence-electron chi connectivity index (χ2n) is 6.59. The minimum absolute atomic E-state index is 0.107. The minimum Gasteiger partial charge on any atom is -0.497 e.